The van der Waals surface area contributed by atoms with Crippen LogP contribution < -0.4 is 5.32 Å². The molecule has 1 N–H and O–H groups in total. The molecule has 0 bridgehead atoms. The Morgan fingerprint density at radius 2 is 1.83 bits per heavy atom. The van der Waals surface area contributed by atoms with E-state index >= 15 is 0 Å². The maximum atomic E-state index is 11.8. The third-order valence-corrected chi connectivity index (χ3v) is 3.94. The van der Waals surface area contributed by atoms with E-state index in [0.29, 0.717) is 5.56 Å². The average molecular weight is 341 g/mol. The largest absolute Gasteiger partial charge is 0.452 e. The van der Waals surface area contributed by atoms with Gasteiger partial charge in [-0.1, -0.05) is 25.5 Å². The normalized spacial score (nSPS) is 12.5. The standard InChI is InChI=1S/C16H23NO5S/c1-4-5-12(2)17-15(18)10-22-16(19)14-8-6-13(7-9-14)11-23(3,20)21/h6-9,12H,4-5,10-11H2,1-3H3,(H,17,18)/t12-/m0/s1. The molecule has 7 heteroatoms. The summed E-state index contributed by atoms with van der Waals surface area (Å²) in [4.78, 5) is 23.5. The van der Waals surface area contributed by atoms with Crippen molar-refractivity contribution >= 4 is 21.7 Å². The highest BCUT2D eigenvalue weighted by Crippen LogP contribution is 2.09. The van der Waals surface area contributed by atoms with Gasteiger partial charge in [-0.25, -0.2) is 13.2 Å². The van der Waals surface area contributed by atoms with Crippen molar-refractivity contribution in [3.05, 3.63) is 35.4 Å². The first-order valence-electron chi connectivity index (χ1n) is 7.44. The Kier molecular flexibility index (Phi) is 7.22. The van der Waals surface area contributed by atoms with Crippen LogP contribution in [0.15, 0.2) is 24.3 Å². The van der Waals surface area contributed by atoms with Gasteiger partial charge in [0.1, 0.15) is 0 Å². The summed E-state index contributed by atoms with van der Waals surface area (Å²) in [6.07, 6.45) is 2.97. The fourth-order valence-electron chi connectivity index (χ4n) is 2.08. The molecule has 0 unspecified atom stereocenters. The Morgan fingerprint density at radius 1 is 1.22 bits per heavy atom. The first-order chi connectivity index (χ1) is 10.7. The van der Waals surface area contributed by atoms with E-state index in [1.54, 1.807) is 12.1 Å². The van der Waals surface area contributed by atoms with Gasteiger partial charge < -0.3 is 10.1 Å². The second-order valence-corrected chi connectivity index (χ2v) is 7.74. The maximum Gasteiger partial charge on any atom is 0.338 e. The Hall–Kier alpha value is -1.89. The molecule has 0 saturated heterocycles. The predicted molar refractivity (Wildman–Crippen MR) is 87.8 cm³/mol. The number of rotatable bonds is 8. The molecule has 0 radical (unpaired) electrons. The van der Waals surface area contributed by atoms with Gasteiger partial charge >= 0.3 is 5.97 Å². The third-order valence-electron chi connectivity index (χ3n) is 3.08. The van der Waals surface area contributed by atoms with E-state index in [-0.39, 0.29) is 29.9 Å². The monoisotopic (exact) mass is 341 g/mol. The minimum absolute atomic E-state index is 0.0430. The van der Waals surface area contributed by atoms with Gasteiger partial charge in [0.25, 0.3) is 5.91 Å². The molecule has 6 nitrogen and oxygen atoms in total. The van der Waals surface area contributed by atoms with Crippen molar-refractivity contribution in [1.29, 1.82) is 0 Å². The number of esters is 1. The minimum atomic E-state index is -3.12. The lowest BCUT2D eigenvalue weighted by molar-refractivity contribution is -0.124. The summed E-state index contributed by atoms with van der Waals surface area (Å²) in [6, 6.07) is 6.13. The molecule has 0 spiro atoms. The van der Waals surface area contributed by atoms with E-state index in [1.807, 2.05) is 13.8 Å². The zero-order valence-electron chi connectivity index (χ0n) is 13.7. The van der Waals surface area contributed by atoms with E-state index < -0.39 is 15.8 Å². The van der Waals surface area contributed by atoms with E-state index in [2.05, 4.69) is 5.32 Å². The molecular formula is C16H23NO5S. The molecule has 1 amide bonds. The number of benzene rings is 1. The molecule has 1 aromatic carbocycles. The van der Waals surface area contributed by atoms with Crippen LogP contribution in [0.3, 0.4) is 0 Å². The second kappa shape index (κ2) is 8.67. The van der Waals surface area contributed by atoms with Gasteiger partial charge in [-0.2, -0.15) is 0 Å². The van der Waals surface area contributed by atoms with Crippen molar-refractivity contribution < 1.29 is 22.7 Å². The van der Waals surface area contributed by atoms with E-state index in [4.69, 9.17) is 4.74 Å². The molecule has 1 aromatic rings. The highest BCUT2D eigenvalue weighted by molar-refractivity contribution is 7.89. The Morgan fingerprint density at radius 3 is 2.35 bits per heavy atom. The SMILES string of the molecule is CCC[C@H](C)NC(=O)COC(=O)c1ccc(CS(C)(=O)=O)cc1. The molecule has 1 atom stereocenters. The maximum absolute atomic E-state index is 11.8. The molecule has 128 valence electrons. The molecule has 0 saturated carbocycles. The van der Waals surface area contributed by atoms with Crippen LogP contribution in [0.25, 0.3) is 0 Å². The number of carbonyl (C=O) groups excluding carboxylic acids is 2. The summed E-state index contributed by atoms with van der Waals surface area (Å²) in [6.45, 7) is 3.58. The van der Waals surface area contributed by atoms with E-state index in [9.17, 15) is 18.0 Å². The van der Waals surface area contributed by atoms with Gasteiger partial charge in [-0.3, -0.25) is 4.79 Å². The van der Waals surface area contributed by atoms with Gasteiger partial charge in [-0.15, -0.1) is 0 Å². The number of nitrogens with one attached hydrogen (secondary N) is 1. The van der Waals surface area contributed by atoms with Crippen LogP contribution in [-0.4, -0.2) is 39.2 Å². The van der Waals surface area contributed by atoms with Crippen molar-refractivity contribution in [3.63, 3.8) is 0 Å². The Bertz CT molecular complexity index is 637. The van der Waals surface area contributed by atoms with Gasteiger partial charge in [0.15, 0.2) is 16.4 Å². The fourth-order valence-corrected chi connectivity index (χ4v) is 2.87. The van der Waals surface area contributed by atoms with Crippen molar-refractivity contribution in [1.82, 2.24) is 5.32 Å². The second-order valence-electron chi connectivity index (χ2n) is 5.60. The summed E-state index contributed by atoms with van der Waals surface area (Å²) in [5.41, 5.74) is 0.867. The van der Waals surface area contributed by atoms with E-state index in [1.165, 1.54) is 12.1 Å². The summed E-state index contributed by atoms with van der Waals surface area (Å²) >= 11 is 0. The van der Waals surface area contributed by atoms with Gasteiger partial charge in [-0.05, 0) is 31.0 Å². The van der Waals surface area contributed by atoms with Gasteiger partial charge in [0, 0.05) is 12.3 Å². The summed E-state index contributed by atoms with van der Waals surface area (Å²) in [5, 5.41) is 2.74. The average Bonchev–Trinajstić information content (AvgIpc) is 2.44. The van der Waals surface area contributed by atoms with Crippen LogP contribution in [0.2, 0.25) is 0 Å². The molecular weight excluding hydrogens is 318 g/mol. The number of ether oxygens (including phenoxy) is 1. The highest BCUT2D eigenvalue weighted by Gasteiger charge is 2.12. The zero-order chi connectivity index (χ0) is 17.5. The van der Waals surface area contributed by atoms with Crippen molar-refractivity contribution in [2.45, 2.75) is 38.5 Å². The molecule has 0 aliphatic heterocycles. The Labute approximate surface area is 137 Å². The first kappa shape index (κ1) is 19.2. The van der Waals surface area contributed by atoms with Gasteiger partial charge in [0.05, 0.1) is 11.3 Å². The molecule has 1 rings (SSSR count). The lowest BCUT2D eigenvalue weighted by Crippen LogP contribution is -2.35. The third kappa shape index (κ3) is 7.78. The number of hydrogen-bond acceptors (Lipinski definition) is 5. The summed E-state index contributed by atoms with van der Waals surface area (Å²) in [7, 11) is -3.12. The molecule has 0 aromatic heterocycles. The van der Waals surface area contributed by atoms with Crippen LogP contribution in [-0.2, 0) is 25.1 Å². The topological polar surface area (TPSA) is 89.5 Å². The quantitative estimate of drug-likeness (QED) is 0.727. The van der Waals surface area contributed by atoms with Crippen LogP contribution in [0.5, 0.6) is 0 Å². The molecule has 0 fully saturated rings. The number of sulfone groups is 1. The smallest absolute Gasteiger partial charge is 0.338 e. The number of amides is 1. The molecule has 0 heterocycles. The van der Waals surface area contributed by atoms with Crippen LogP contribution in [0, 0.1) is 0 Å². The zero-order valence-corrected chi connectivity index (χ0v) is 14.5. The van der Waals surface area contributed by atoms with Crippen LogP contribution >= 0.6 is 0 Å². The van der Waals surface area contributed by atoms with Crippen molar-refractivity contribution in [2.24, 2.45) is 0 Å². The first-order valence-corrected chi connectivity index (χ1v) is 9.50. The van der Waals surface area contributed by atoms with Crippen molar-refractivity contribution in [3.8, 4) is 0 Å². The number of hydrogen-bond donors (Lipinski definition) is 1. The lowest BCUT2D eigenvalue weighted by atomic mass is 10.1. The minimum Gasteiger partial charge on any atom is -0.452 e. The van der Waals surface area contributed by atoms with Crippen LogP contribution in [0.1, 0.15) is 42.6 Å². The summed E-state index contributed by atoms with van der Waals surface area (Å²) < 4.78 is 27.3. The lowest BCUT2D eigenvalue weighted by Gasteiger charge is -2.12. The van der Waals surface area contributed by atoms with Crippen molar-refractivity contribution in [2.75, 3.05) is 12.9 Å². The van der Waals surface area contributed by atoms with Crippen LogP contribution in [0.4, 0.5) is 0 Å². The van der Waals surface area contributed by atoms with E-state index in [0.717, 1.165) is 19.1 Å². The Balaban J connectivity index is 2.50. The highest BCUT2D eigenvalue weighted by atomic mass is 32.2. The number of carbonyl (C=O) groups is 2. The van der Waals surface area contributed by atoms with Gasteiger partial charge in [0.2, 0.25) is 0 Å². The molecule has 0 aliphatic rings. The summed E-state index contributed by atoms with van der Waals surface area (Å²) in [5.74, 6) is -1.04. The molecule has 0 aliphatic carbocycles. The predicted octanol–water partition coefficient (Wildman–Crippen LogP) is 1.69. The fraction of sp³-hybridized carbons (Fsp3) is 0.500. The molecule has 23 heavy (non-hydrogen) atoms.